The first-order valence-corrected chi connectivity index (χ1v) is 10.5. The van der Waals surface area contributed by atoms with Gasteiger partial charge in [-0.1, -0.05) is 30.3 Å². The van der Waals surface area contributed by atoms with Gasteiger partial charge in [-0.05, 0) is 45.0 Å². The lowest BCUT2D eigenvalue weighted by atomic mass is 10.1. The Morgan fingerprint density at radius 1 is 0.967 bits per heavy atom. The molecule has 6 nitrogen and oxygen atoms in total. The number of carbonyl (C=O) groups excluding carboxylic acids is 1. The summed E-state index contributed by atoms with van der Waals surface area (Å²) in [5.41, 5.74) is 3.44. The summed E-state index contributed by atoms with van der Waals surface area (Å²) in [4.78, 5) is 22.8. The minimum atomic E-state index is -0.0441. The van der Waals surface area contributed by atoms with E-state index in [1.165, 1.54) is 4.90 Å². The zero-order valence-corrected chi connectivity index (χ0v) is 17.9. The summed E-state index contributed by atoms with van der Waals surface area (Å²) in [5.74, 6) is 1.38. The first kappa shape index (κ1) is 21.5. The van der Waals surface area contributed by atoms with Gasteiger partial charge in [-0.3, -0.25) is 4.79 Å². The van der Waals surface area contributed by atoms with E-state index in [1.807, 2.05) is 67.6 Å². The Morgan fingerprint density at radius 3 is 2.33 bits per heavy atom. The standard InChI is InChI=1S/C24H29N5O/c1-4-29(5-2)16-15-25-24(30)20-11-13-21(14-12-20)28-23-17-22(26-18(3)27-23)19-9-7-6-8-10-19/h6-14,17H,4-5,15-16H2,1-3H3,(H,25,30)(H,26,27,28)/p+1. The van der Waals surface area contributed by atoms with Crippen molar-refractivity contribution >= 4 is 17.4 Å². The Balaban J connectivity index is 1.63. The Hall–Kier alpha value is -3.25. The molecule has 0 aliphatic carbocycles. The second-order valence-electron chi connectivity index (χ2n) is 7.22. The van der Waals surface area contributed by atoms with E-state index in [1.54, 1.807) is 0 Å². The number of carbonyl (C=O) groups is 1. The molecule has 1 amide bonds. The Bertz CT molecular complexity index is 953. The number of hydrogen-bond acceptors (Lipinski definition) is 4. The van der Waals surface area contributed by atoms with E-state index in [-0.39, 0.29) is 5.91 Å². The molecule has 30 heavy (non-hydrogen) atoms. The van der Waals surface area contributed by atoms with Crippen molar-refractivity contribution in [1.82, 2.24) is 15.3 Å². The van der Waals surface area contributed by atoms with Gasteiger partial charge in [0, 0.05) is 22.9 Å². The van der Waals surface area contributed by atoms with Crippen LogP contribution in [0.25, 0.3) is 11.3 Å². The van der Waals surface area contributed by atoms with Crippen LogP contribution in [0.15, 0.2) is 60.7 Å². The zero-order valence-electron chi connectivity index (χ0n) is 17.9. The second kappa shape index (κ2) is 10.5. The van der Waals surface area contributed by atoms with Crippen LogP contribution in [0.3, 0.4) is 0 Å². The third-order valence-electron chi connectivity index (χ3n) is 5.09. The van der Waals surface area contributed by atoms with Gasteiger partial charge < -0.3 is 15.5 Å². The third kappa shape index (κ3) is 5.87. The number of benzene rings is 2. The molecule has 2 aromatic carbocycles. The lowest BCUT2D eigenvalue weighted by molar-refractivity contribution is -0.895. The smallest absolute Gasteiger partial charge is 0.251 e. The van der Waals surface area contributed by atoms with Crippen LogP contribution in [-0.2, 0) is 0 Å². The van der Waals surface area contributed by atoms with Crippen LogP contribution in [-0.4, -0.2) is 42.1 Å². The van der Waals surface area contributed by atoms with Gasteiger partial charge >= 0.3 is 0 Å². The zero-order chi connectivity index (χ0) is 21.3. The minimum Gasteiger partial charge on any atom is -0.346 e. The van der Waals surface area contributed by atoms with Gasteiger partial charge in [0.2, 0.25) is 0 Å². The molecule has 0 spiro atoms. The van der Waals surface area contributed by atoms with Crippen LogP contribution in [0.1, 0.15) is 30.0 Å². The predicted octanol–water partition coefficient (Wildman–Crippen LogP) is 2.85. The van der Waals surface area contributed by atoms with Crippen molar-refractivity contribution in [3.05, 3.63) is 72.1 Å². The quantitative estimate of drug-likeness (QED) is 0.513. The molecule has 6 heteroatoms. The summed E-state index contributed by atoms with van der Waals surface area (Å²) in [5, 5.41) is 6.31. The van der Waals surface area contributed by atoms with E-state index in [4.69, 9.17) is 0 Å². The van der Waals surface area contributed by atoms with Crippen LogP contribution in [0.2, 0.25) is 0 Å². The Kier molecular flexibility index (Phi) is 7.51. The third-order valence-corrected chi connectivity index (χ3v) is 5.09. The monoisotopic (exact) mass is 404 g/mol. The topological polar surface area (TPSA) is 71.3 Å². The highest BCUT2D eigenvalue weighted by atomic mass is 16.1. The highest BCUT2D eigenvalue weighted by Gasteiger charge is 2.09. The molecule has 3 aromatic rings. The molecule has 3 N–H and O–H groups in total. The number of likely N-dealkylation sites (N-methyl/N-ethyl adjacent to an activating group) is 1. The largest absolute Gasteiger partial charge is 0.346 e. The molecule has 156 valence electrons. The first-order valence-electron chi connectivity index (χ1n) is 10.5. The van der Waals surface area contributed by atoms with Gasteiger partial charge in [0.15, 0.2) is 0 Å². The van der Waals surface area contributed by atoms with Crippen molar-refractivity contribution < 1.29 is 9.69 Å². The summed E-state index contributed by atoms with van der Waals surface area (Å²) in [6.07, 6.45) is 0. The molecule has 0 bridgehead atoms. The summed E-state index contributed by atoms with van der Waals surface area (Å²) in [6.45, 7) is 9.96. The van der Waals surface area contributed by atoms with Gasteiger partial charge in [0.1, 0.15) is 11.6 Å². The maximum atomic E-state index is 12.4. The molecule has 1 aromatic heterocycles. The second-order valence-corrected chi connectivity index (χ2v) is 7.22. The van der Waals surface area contributed by atoms with E-state index in [9.17, 15) is 4.79 Å². The molecule has 0 radical (unpaired) electrons. The number of aryl methyl sites for hydroxylation is 1. The molecule has 0 atom stereocenters. The van der Waals surface area contributed by atoms with Crippen LogP contribution in [0, 0.1) is 6.92 Å². The van der Waals surface area contributed by atoms with Crippen molar-refractivity contribution in [1.29, 1.82) is 0 Å². The Morgan fingerprint density at radius 2 is 1.67 bits per heavy atom. The van der Waals surface area contributed by atoms with Crippen LogP contribution in [0.4, 0.5) is 11.5 Å². The summed E-state index contributed by atoms with van der Waals surface area (Å²) in [7, 11) is 0. The first-order chi connectivity index (χ1) is 14.6. The van der Waals surface area contributed by atoms with E-state index < -0.39 is 0 Å². The lowest BCUT2D eigenvalue weighted by Gasteiger charge is -2.15. The van der Waals surface area contributed by atoms with Gasteiger partial charge in [0.05, 0.1) is 31.9 Å². The van der Waals surface area contributed by atoms with E-state index in [2.05, 4.69) is 34.4 Å². The number of quaternary nitrogens is 1. The number of anilines is 2. The van der Waals surface area contributed by atoms with Gasteiger partial charge in [-0.15, -0.1) is 0 Å². The maximum absolute atomic E-state index is 12.4. The maximum Gasteiger partial charge on any atom is 0.251 e. The number of amides is 1. The Labute approximate surface area is 178 Å². The molecule has 0 unspecified atom stereocenters. The average molecular weight is 405 g/mol. The van der Waals surface area contributed by atoms with Crippen LogP contribution < -0.4 is 15.5 Å². The van der Waals surface area contributed by atoms with Crippen LogP contribution in [0.5, 0.6) is 0 Å². The lowest BCUT2D eigenvalue weighted by Crippen LogP contribution is -3.12. The summed E-state index contributed by atoms with van der Waals surface area (Å²) < 4.78 is 0. The molecule has 0 aliphatic heterocycles. The minimum absolute atomic E-state index is 0.0441. The highest BCUT2D eigenvalue weighted by molar-refractivity contribution is 5.94. The molecular weight excluding hydrogens is 374 g/mol. The highest BCUT2D eigenvalue weighted by Crippen LogP contribution is 2.22. The number of nitrogens with zero attached hydrogens (tertiary/aromatic N) is 2. The van der Waals surface area contributed by atoms with Crippen molar-refractivity contribution in [2.45, 2.75) is 20.8 Å². The molecule has 0 saturated heterocycles. The molecule has 0 saturated carbocycles. The SMILES string of the molecule is CC[NH+](CC)CCNC(=O)c1ccc(Nc2cc(-c3ccccc3)nc(C)n2)cc1. The molecule has 0 fully saturated rings. The fraction of sp³-hybridized carbons (Fsp3) is 0.292. The van der Waals surface area contributed by atoms with Crippen molar-refractivity contribution in [3.8, 4) is 11.3 Å². The van der Waals surface area contributed by atoms with Gasteiger partial charge in [-0.25, -0.2) is 9.97 Å². The van der Waals surface area contributed by atoms with Crippen molar-refractivity contribution in [2.24, 2.45) is 0 Å². The summed E-state index contributed by atoms with van der Waals surface area (Å²) >= 11 is 0. The average Bonchev–Trinajstić information content (AvgIpc) is 2.77. The van der Waals surface area contributed by atoms with Crippen molar-refractivity contribution in [2.75, 3.05) is 31.5 Å². The number of rotatable bonds is 9. The number of hydrogen-bond donors (Lipinski definition) is 3. The van der Waals surface area contributed by atoms with Gasteiger partial charge in [-0.2, -0.15) is 0 Å². The predicted molar refractivity (Wildman–Crippen MR) is 121 cm³/mol. The van der Waals surface area contributed by atoms with Crippen molar-refractivity contribution in [3.63, 3.8) is 0 Å². The normalized spacial score (nSPS) is 10.8. The molecule has 1 heterocycles. The fourth-order valence-electron chi connectivity index (χ4n) is 3.30. The van der Waals surface area contributed by atoms with Crippen LogP contribution >= 0.6 is 0 Å². The number of aromatic nitrogens is 2. The number of nitrogens with one attached hydrogen (secondary N) is 3. The molecule has 0 aliphatic rings. The van der Waals surface area contributed by atoms with E-state index in [0.717, 1.165) is 42.4 Å². The summed E-state index contributed by atoms with van der Waals surface area (Å²) in [6, 6.07) is 19.4. The van der Waals surface area contributed by atoms with E-state index in [0.29, 0.717) is 17.9 Å². The molecule has 3 rings (SSSR count). The van der Waals surface area contributed by atoms with Gasteiger partial charge in [0.25, 0.3) is 5.91 Å². The fourth-order valence-corrected chi connectivity index (χ4v) is 3.30. The van der Waals surface area contributed by atoms with E-state index >= 15 is 0 Å². The molecular formula is C24H30N5O+.